The first-order chi connectivity index (χ1) is 11.6. The maximum atomic E-state index is 13.6. The molecule has 2 aromatic rings. The molecule has 2 rings (SSSR count). The van der Waals surface area contributed by atoms with Gasteiger partial charge in [-0.1, -0.05) is 48.5 Å². The van der Waals surface area contributed by atoms with Crippen LogP contribution >= 0.6 is 0 Å². The van der Waals surface area contributed by atoms with Crippen LogP contribution in [0.15, 0.2) is 54.6 Å². The monoisotopic (exact) mass is 331 g/mol. The van der Waals surface area contributed by atoms with Crippen molar-refractivity contribution in [2.75, 3.05) is 6.61 Å². The molecule has 24 heavy (non-hydrogen) atoms. The molecule has 0 aliphatic carbocycles. The van der Waals surface area contributed by atoms with Gasteiger partial charge in [-0.25, -0.2) is 9.18 Å². The average molecular weight is 331 g/mol. The highest BCUT2D eigenvalue weighted by molar-refractivity contribution is 5.84. The standard InChI is InChI=1S/C18H18FNO4/c19-15-9-5-4-8-14(15)10-16(18(22)23)20-17(21)12-24-11-13-6-2-1-3-7-13/h1-9,16H,10-12H2,(H,20,21)(H,22,23)/t16-/m1/s1. The van der Waals surface area contributed by atoms with E-state index in [2.05, 4.69) is 5.32 Å². The number of rotatable bonds is 8. The number of halogens is 1. The van der Waals surface area contributed by atoms with Gasteiger partial charge in [-0.05, 0) is 17.2 Å². The van der Waals surface area contributed by atoms with Crippen LogP contribution in [0.5, 0.6) is 0 Å². The van der Waals surface area contributed by atoms with E-state index < -0.39 is 23.7 Å². The van der Waals surface area contributed by atoms with E-state index in [9.17, 15) is 19.1 Å². The number of carbonyl (C=O) groups is 2. The predicted octanol–water partition coefficient (Wildman–Crippen LogP) is 2.15. The van der Waals surface area contributed by atoms with Crippen LogP contribution in [0.1, 0.15) is 11.1 Å². The van der Waals surface area contributed by atoms with E-state index in [1.807, 2.05) is 30.3 Å². The second-order valence-electron chi connectivity index (χ2n) is 5.23. The lowest BCUT2D eigenvalue weighted by Crippen LogP contribution is -2.44. The van der Waals surface area contributed by atoms with Crippen LogP contribution in [0, 0.1) is 5.82 Å². The van der Waals surface area contributed by atoms with Crippen LogP contribution in [0.25, 0.3) is 0 Å². The molecule has 2 N–H and O–H groups in total. The summed E-state index contributed by atoms with van der Waals surface area (Å²) in [6.07, 6.45) is -0.133. The number of nitrogens with one attached hydrogen (secondary N) is 1. The largest absolute Gasteiger partial charge is 0.480 e. The molecule has 0 aromatic heterocycles. The van der Waals surface area contributed by atoms with E-state index in [0.29, 0.717) is 0 Å². The van der Waals surface area contributed by atoms with Gasteiger partial charge in [-0.2, -0.15) is 0 Å². The van der Waals surface area contributed by atoms with Gasteiger partial charge in [0.1, 0.15) is 18.5 Å². The highest BCUT2D eigenvalue weighted by atomic mass is 19.1. The van der Waals surface area contributed by atoms with Crippen LogP contribution in [-0.4, -0.2) is 29.6 Å². The molecule has 0 spiro atoms. The summed E-state index contributed by atoms with van der Waals surface area (Å²) in [7, 11) is 0. The molecule has 126 valence electrons. The third kappa shape index (κ3) is 5.48. The number of amides is 1. The summed E-state index contributed by atoms with van der Waals surface area (Å²) < 4.78 is 18.9. The third-order valence-electron chi connectivity index (χ3n) is 3.36. The van der Waals surface area contributed by atoms with Crippen LogP contribution in [0.4, 0.5) is 4.39 Å². The van der Waals surface area contributed by atoms with Gasteiger partial charge < -0.3 is 15.2 Å². The summed E-state index contributed by atoms with van der Waals surface area (Å²) in [4.78, 5) is 23.1. The number of hydrogen-bond acceptors (Lipinski definition) is 3. The SMILES string of the molecule is O=C(COCc1ccccc1)N[C@H](Cc1ccccc1F)C(=O)O. The summed E-state index contributed by atoms with van der Waals surface area (Å²) in [5.74, 6) is -2.29. The molecule has 1 atom stereocenters. The van der Waals surface area contributed by atoms with Crippen molar-refractivity contribution >= 4 is 11.9 Å². The van der Waals surface area contributed by atoms with E-state index in [1.165, 1.54) is 18.2 Å². The van der Waals surface area contributed by atoms with Gasteiger partial charge in [0.25, 0.3) is 0 Å². The predicted molar refractivity (Wildman–Crippen MR) is 85.8 cm³/mol. The van der Waals surface area contributed by atoms with Crippen LogP contribution in [0.2, 0.25) is 0 Å². The Morgan fingerprint density at radius 1 is 1.08 bits per heavy atom. The second kappa shape index (κ2) is 8.79. The third-order valence-corrected chi connectivity index (χ3v) is 3.36. The molecule has 0 aliphatic rings. The fraction of sp³-hybridized carbons (Fsp3) is 0.222. The number of carboxylic acids is 1. The van der Waals surface area contributed by atoms with Crippen molar-refractivity contribution in [2.24, 2.45) is 0 Å². The van der Waals surface area contributed by atoms with Crippen molar-refractivity contribution in [3.8, 4) is 0 Å². The zero-order valence-corrected chi connectivity index (χ0v) is 12.9. The van der Waals surface area contributed by atoms with Crippen LogP contribution < -0.4 is 5.32 Å². The second-order valence-corrected chi connectivity index (χ2v) is 5.23. The van der Waals surface area contributed by atoms with Crippen LogP contribution in [0.3, 0.4) is 0 Å². The maximum absolute atomic E-state index is 13.6. The zero-order valence-electron chi connectivity index (χ0n) is 12.9. The minimum Gasteiger partial charge on any atom is -0.480 e. The maximum Gasteiger partial charge on any atom is 0.326 e. The topological polar surface area (TPSA) is 75.6 Å². The molecule has 0 saturated heterocycles. The molecule has 2 aromatic carbocycles. The van der Waals surface area contributed by atoms with Crippen molar-refractivity contribution in [3.05, 3.63) is 71.5 Å². The van der Waals surface area contributed by atoms with Crippen molar-refractivity contribution in [2.45, 2.75) is 19.1 Å². The average Bonchev–Trinajstić information content (AvgIpc) is 2.57. The number of hydrogen-bond donors (Lipinski definition) is 2. The van der Waals surface area contributed by atoms with Gasteiger partial charge in [0.05, 0.1) is 6.61 Å². The number of carboxylic acid groups (broad SMARTS) is 1. The fourth-order valence-electron chi connectivity index (χ4n) is 2.16. The number of carbonyl (C=O) groups excluding carboxylic acids is 1. The van der Waals surface area contributed by atoms with Crippen LogP contribution in [-0.2, 0) is 27.4 Å². The first-order valence-electron chi connectivity index (χ1n) is 7.43. The molecule has 0 aliphatic heterocycles. The Morgan fingerprint density at radius 3 is 2.42 bits per heavy atom. The van der Waals surface area contributed by atoms with E-state index in [0.717, 1.165) is 5.56 Å². The minimum absolute atomic E-state index is 0.133. The summed E-state index contributed by atoms with van der Waals surface area (Å²) in [5, 5.41) is 11.5. The van der Waals surface area contributed by atoms with E-state index in [-0.39, 0.29) is 25.2 Å². The zero-order chi connectivity index (χ0) is 17.4. The van der Waals surface area contributed by atoms with Gasteiger partial charge in [-0.3, -0.25) is 4.79 Å². The van der Waals surface area contributed by atoms with Crippen molar-refractivity contribution in [1.29, 1.82) is 0 Å². The molecule has 0 heterocycles. The van der Waals surface area contributed by atoms with Gasteiger partial charge >= 0.3 is 5.97 Å². The highest BCUT2D eigenvalue weighted by Crippen LogP contribution is 2.09. The molecule has 6 heteroatoms. The van der Waals surface area contributed by atoms with E-state index in [4.69, 9.17) is 4.74 Å². The fourth-order valence-corrected chi connectivity index (χ4v) is 2.16. The summed E-state index contributed by atoms with van der Waals surface area (Å²) in [5.41, 5.74) is 1.14. The number of aliphatic carboxylic acids is 1. The van der Waals surface area contributed by atoms with Gasteiger partial charge in [0.15, 0.2) is 0 Å². The Kier molecular flexibility index (Phi) is 6.45. The van der Waals surface area contributed by atoms with Gasteiger partial charge in [0, 0.05) is 6.42 Å². The number of benzene rings is 2. The molecule has 0 unspecified atom stereocenters. The molecule has 5 nitrogen and oxygen atoms in total. The normalized spacial score (nSPS) is 11.7. The Balaban J connectivity index is 1.85. The Bertz CT molecular complexity index is 690. The lowest BCUT2D eigenvalue weighted by atomic mass is 10.1. The number of ether oxygens (including phenoxy) is 1. The molecular formula is C18H18FNO4. The first-order valence-corrected chi connectivity index (χ1v) is 7.43. The Hall–Kier alpha value is -2.73. The van der Waals surface area contributed by atoms with Crippen molar-refractivity contribution in [3.63, 3.8) is 0 Å². The lowest BCUT2D eigenvalue weighted by molar-refractivity contribution is -0.142. The minimum atomic E-state index is -1.23. The molecule has 0 radical (unpaired) electrons. The Labute approximate surface area is 139 Å². The lowest BCUT2D eigenvalue weighted by Gasteiger charge is -2.15. The summed E-state index contributed by atoms with van der Waals surface area (Å²) >= 11 is 0. The smallest absolute Gasteiger partial charge is 0.326 e. The Morgan fingerprint density at radius 2 is 1.75 bits per heavy atom. The van der Waals surface area contributed by atoms with E-state index in [1.54, 1.807) is 6.07 Å². The molecule has 1 amide bonds. The van der Waals surface area contributed by atoms with Crippen molar-refractivity contribution < 1.29 is 23.8 Å². The summed E-state index contributed by atoms with van der Waals surface area (Å²) in [6.45, 7) is -0.0186. The molecular weight excluding hydrogens is 313 g/mol. The van der Waals surface area contributed by atoms with Crippen molar-refractivity contribution in [1.82, 2.24) is 5.32 Å². The first kappa shape index (κ1) is 17.6. The molecule has 0 bridgehead atoms. The van der Waals surface area contributed by atoms with Gasteiger partial charge in [0.2, 0.25) is 5.91 Å². The van der Waals surface area contributed by atoms with E-state index >= 15 is 0 Å². The quantitative estimate of drug-likeness (QED) is 0.777. The molecule has 0 fully saturated rings. The van der Waals surface area contributed by atoms with Gasteiger partial charge in [-0.15, -0.1) is 0 Å². The molecule has 0 saturated carbocycles. The summed E-state index contributed by atoms with van der Waals surface area (Å²) in [6, 6.07) is 14.0. The highest BCUT2D eigenvalue weighted by Gasteiger charge is 2.21.